The molecule has 7 nitrogen and oxygen atoms in total. The zero-order chi connectivity index (χ0) is 19.4. The van der Waals surface area contributed by atoms with Crippen LogP contribution in [0.2, 0.25) is 0 Å². The summed E-state index contributed by atoms with van der Waals surface area (Å²) in [5.74, 6) is -0.239. The lowest BCUT2D eigenvalue weighted by Crippen LogP contribution is -2.51. The summed E-state index contributed by atoms with van der Waals surface area (Å²) in [6.45, 7) is 7.57. The number of carbonyl (C=O) groups excluding carboxylic acids is 1. The van der Waals surface area contributed by atoms with Gasteiger partial charge < -0.3 is 15.4 Å². The highest BCUT2D eigenvalue weighted by molar-refractivity contribution is 7.89. The molecule has 2 N–H and O–H groups in total. The molecule has 154 valence electrons. The van der Waals surface area contributed by atoms with Gasteiger partial charge in [-0.05, 0) is 50.6 Å². The molecule has 27 heavy (non-hydrogen) atoms. The van der Waals surface area contributed by atoms with E-state index in [1.54, 1.807) is 19.1 Å². The van der Waals surface area contributed by atoms with Gasteiger partial charge in [0.2, 0.25) is 10.0 Å². The van der Waals surface area contributed by atoms with E-state index < -0.39 is 15.6 Å². The molecular formula is C18H30ClN3O4S. The van der Waals surface area contributed by atoms with E-state index >= 15 is 0 Å². The molecule has 1 fully saturated rings. The molecule has 0 radical (unpaired) electrons. The quantitative estimate of drug-likeness (QED) is 0.707. The molecule has 0 saturated carbocycles. The van der Waals surface area contributed by atoms with Crippen LogP contribution in [0, 0.1) is 6.92 Å². The molecule has 0 aliphatic carbocycles. The van der Waals surface area contributed by atoms with Crippen molar-refractivity contribution in [2.24, 2.45) is 0 Å². The molecule has 0 unspecified atom stereocenters. The van der Waals surface area contributed by atoms with E-state index in [0.29, 0.717) is 50.3 Å². The van der Waals surface area contributed by atoms with Crippen molar-refractivity contribution >= 4 is 34.0 Å². The van der Waals surface area contributed by atoms with Crippen molar-refractivity contribution in [3.8, 4) is 0 Å². The number of halogens is 1. The van der Waals surface area contributed by atoms with E-state index in [2.05, 4.69) is 10.6 Å². The highest BCUT2D eigenvalue weighted by Crippen LogP contribution is 2.27. The Kier molecular flexibility index (Phi) is 8.69. The van der Waals surface area contributed by atoms with Crippen molar-refractivity contribution in [3.05, 3.63) is 23.8 Å². The van der Waals surface area contributed by atoms with Gasteiger partial charge in [-0.1, -0.05) is 19.9 Å². The first-order chi connectivity index (χ1) is 12.3. The van der Waals surface area contributed by atoms with Gasteiger partial charge in [0.15, 0.2) is 0 Å². The summed E-state index contributed by atoms with van der Waals surface area (Å²) in [4.78, 5) is 13.0. The number of hydrogen-bond acceptors (Lipinski definition) is 5. The molecule has 1 aromatic rings. The lowest BCUT2D eigenvalue weighted by Gasteiger charge is -2.34. The second kappa shape index (κ2) is 9.84. The van der Waals surface area contributed by atoms with Crippen LogP contribution in [0.5, 0.6) is 0 Å². The summed E-state index contributed by atoms with van der Waals surface area (Å²) in [6.07, 6.45) is 1.15. The van der Waals surface area contributed by atoms with Crippen molar-refractivity contribution in [3.63, 3.8) is 0 Å². The third-order valence-corrected chi connectivity index (χ3v) is 7.18. The zero-order valence-corrected chi connectivity index (χ0v) is 18.0. The largest absolute Gasteiger partial charge is 0.368 e. The van der Waals surface area contributed by atoms with Crippen molar-refractivity contribution in [2.45, 2.75) is 44.1 Å². The number of benzene rings is 1. The predicted octanol–water partition coefficient (Wildman–Crippen LogP) is 2.15. The van der Waals surface area contributed by atoms with Crippen molar-refractivity contribution in [2.75, 3.05) is 38.6 Å². The van der Waals surface area contributed by atoms with E-state index in [1.165, 1.54) is 17.5 Å². The van der Waals surface area contributed by atoms with Crippen LogP contribution in [0.15, 0.2) is 23.1 Å². The van der Waals surface area contributed by atoms with Gasteiger partial charge in [-0.2, -0.15) is 4.31 Å². The van der Waals surface area contributed by atoms with E-state index in [1.807, 2.05) is 13.8 Å². The fraction of sp³-hybridized carbons (Fsp3) is 0.611. The molecule has 0 atom stereocenters. The number of sulfonamides is 1. The lowest BCUT2D eigenvalue weighted by atomic mass is 9.91. The molecule has 1 saturated heterocycles. The molecule has 2 rings (SSSR count). The van der Waals surface area contributed by atoms with Crippen LogP contribution in [0.25, 0.3) is 0 Å². The van der Waals surface area contributed by atoms with Crippen molar-refractivity contribution < 1.29 is 17.9 Å². The summed E-state index contributed by atoms with van der Waals surface area (Å²) in [6, 6.07) is 4.97. The van der Waals surface area contributed by atoms with Gasteiger partial charge in [-0.3, -0.25) is 4.79 Å². The van der Waals surface area contributed by atoms with Crippen LogP contribution in [-0.4, -0.2) is 57.5 Å². The molecule has 1 aromatic carbocycles. The summed E-state index contributed by atoms with van der Waals surface area (Å²) in [7, 11) is -2.06. The van der Waals surface area contributed by atoms with E-state index in [-0.39, 0.29) is 23.2 Å². The maximum atomic E-state index is 12.9. The number of carbonyl (C=O) groups is 1. The van der Waals surface area contributed by atoms with Crippen LogP contribution in [0.3, 0.4) is 0 Å². The molecule has 1 aliphatic rings. The number of nitrogens with zero attached hydrogens (tertiary/aromatic N) is 1. The average Bonchev–Trinajstić information content (AvgIpc) is 2.64. The molecule has 0 spiro atoms. The Morgan fingerprint density at radius 2 is 1.85 bits per heavy atom. The molecule has 0 aromatic heterocycles. The second-order valence-electron chi connectivity index (χ2n) is 6.47. The average molecular weight is 420 g/mol. The number of piperidine rings is 1. The molecule has 1 amide bonds. The van der Waals surface area contributed by atoms with Gasteiger partial charge in [0, 0.05) is 25.9 Å². The number of aryl methyl sites for hydroxylation is 1. The topological polar surface area (TPSA) is 87.7 Å². The SMILES string of the molecule is CCN(CC)S(=O)(=O)c1cc(NC(=O)C2(OC)CCNCC2)ccc1C.Cl. The van der Waals surface area contributed by atoms with Crippen molar-refractivity contribution in [1.82, 2.24) is 9.62 Å². The number of ether oxygens (including phenoxy) is 1. The van der Waals surface area contributed by atoms with Gasteiger partial charge in [-0.15, -0.1) is 12.4 Å². The van der Waals surface area contributed by atoms with Gasteiger partial charge in [0.25, 0.3) is 5.91 Å². The van der Waals surface area contributed by atoms with Gasteiger partial charge in [0.1, 0.15) is 5.60 Å². The van der Waals surface area contributed by atoms with Gasteiger partial charge in [-0.25, -0.2) is 8.42 Å². The Bertz CT molecular complexity index is 745. The van der Waals surface area contributed by atoms with E-state index in [0.717, 1.165) is 0 Å². The minimum Gasteiger partial charge on any atom is -0.368 e. The first-order valence-corrected chi connectivity index (χ1v) is 10.4. The first-order valence-electron chi connectivity index (χ1n) is 8.99. The molecular weight excluding hydrogens is 390 g/mol. The highest BCUT2D eigenvalue weighted by Gasteiger charge is 2.39. The molecule has 1 aliphatic heterocycles. The fourth-order valence-electron chi connectivity index (χ4n) is 3.26. The minimum atomic E-state index is -3.60. The third kappa shape index (κ3) is 5.00. The maximum absolute atomic E-state index is 12.9. The van der Waals surface area contributed by atoms with Crippen LogP contribution < -0.4 is 10.6 Å². The van der Waals surface area contributed by atoms with Gasteiger partial charge in [0.05, 0.1) is 4.90 Å². The summed E-state index contributed by atoms with van der Waals surface area (Å²) >= 11 is 0. The van der Waals surface area contributed by atoms with E-state index in [9.17, 15) is 13.2 Å². The number of rotatable bonds is 7. The minimum absolute atomic E-state index is 0. The molecule has 0 bridgehead atoms. The number of hydrogen-bond donors (Lipinski definition) is 2. The Morgan fingerprint density at radius 3 is 2.37 bits per heavy atom. The fourth-order valence-corrected chi connectivity index (χ4v) is 4.97. The number of nitrogens with one attached hydrogen (secondary N) is 2. The second-order valence-corrected chi connectivity index (χ2v) is 8.38. The number of anilines is 1. The Balaban J connectivity index is 0.00000364. The summed E-state index contributed by atoms with van der Waals surface area (Å²) < 4.78 is 32.6. The van der Waals surface area contributed by atoms with Crippen LogP contribution >= 0.6 is 12.4 Å². The molecule has 9 heteroatoms. The van der Waals surface area contributed by atoms with Crippen LogP contribution in [0.4, 0.5) is 5.69 Å². The van der Waals surface area contributed by atoms with Gasteiger partial charge >= 0.3 is 0 Å². The van der Waals surface area contributed by atoms with Crippen molar-refractivity contribution in [1.29, 1.82) is 0 Å². The normalized spacial score (nSPS) is 16.6. The Morgan fingerprint density at radius 1 is 1.26 bits per heavy atom. The standard InChI is InChI=1S/C18H29N3O4S.ClH/c1-5-21(6-2)26(23,24)16-13-15(8-7-14(16)3)20-17(22)18(25-4)9-11-19-12-10-18;/h7-8,13,19H,5-6,9-12H2,1-4H3,(H,20,22);1H. The number of amides is 1. The van der Waals surface area contributed by atoms with E-state index in [4.69, 9.17) is 4.74 Å². The predicted molar refractivity (Wildman–Crippen MR) is 109 cm³/mol. The smallest absolute Gasteiger partial charge is 0.256 e. The van der Waals surface area contributed by atoms with Crippen LogP contribution in [-0.2, 0) is 19.6 Å². The first kappa shape index (κ1) is 23.8. The zero-order valence-electron chi connectivity index (χ0n) is 16.4. The Hall–Kier alpha value is -1.19. The molecule has 1 heterocycles. The maximum Gasteiger partial charge on any atom is 0.256 e. The highest BCUT2D eigenvalue weighted by atomic mass is 35.5. The summed E-state index contributed by atoms with van der Waals surface area (Å²) in [5.41, 5.74) is 0.230. The Labute approximate surface area is 168 Å². The monoisotopic (exact) mass is 419 g/mol. The summed E-state index contributed by atoms with van der Waals surface area (Å²) in [5, 5.41) is 6.05. The number of methoxy groups -OCH3 is 1. The lowest BCUT2D eigenvalue weighted by molar-refractivity contribution is -0.140. The van der Waals surface area contributed by atoms with Crippen LogP contribution in [0.1, 0.15) is 32.3 Å². The third-order valence-electron chi connectivity index (χ3n) is 4.99.